The Morgan fingerprint density at radius 2 is 1.69 bits per heavy atom. The summed E-state index contributed by atoms with van der Waals surface area (Å²) in [4.78, 5) is 32.4. The van der Waals surface area contributed by atoms with Gasteiger partial charge >= 0.3 is 6.03 Å². The summed E-state index contributed by atoms with van der Waals surface area (Å²) in [7, 11) is 4.10. The molecular formula is C29H36N4O2. The minimum absolute atomic E-state index is 0.106. The molecular weight excluding hydrogens is 436 g/mol. The van der Waals surface area contributed by atoms with E-state index < -0.39 is 5.54 Å². The van der Waals surface area contributed by atoms with E-state index in [4.69, 9.17) is 0 Å². The number of nitrogens with zero attached hydrogens (tertiary/aromatic N) is 3. The van der Waals surface area contributed by atoms with Crippen LogP contribution in [-0.4, -0.2) is 61.0 Å². The minimum atomic E-state index is -0.859. The second-order valence-electron chi connectivity index (χ2n) is 9.82. The molecule has 1 atom stereocenters. The van der Waals surface area contributed by atoms with E-state index in [1.54, 1.807) is 6.92 Å². The van der Waals surface area contributed by atoms with Crippen molar-refractivity contribution in [2.24, 2.45) is 5.92 Å². The van der Waals surface area contributed by atoms with Gasteiger partial charge in [0.2, 0.25) is 0 Å². The average Bonchev–Trinajstić information content (AvgIpc) is 3.12. The first kappa shape index (κ1) is 24.8. The molecule has 0 radical (unpaired) electrons. The van der Waals surface area contributed by atoms with Crippen molar-refractivity contribution >= 4 is 17.6 Å². The van der Waals surface area contributed by atoms with E-state index in [1.807, 2.05) is 32.3 Å². The number of imide groups is 1. The lowest BCUT2D eigenvalue weighted by molar-refractivity contribution is -0.134. The molecule has 2 aromatic rings. The van der Waals surface area contributed by atoms with Gasteiger partial charge in [-0.25, -0.2) is 4.79 Å². The summed E-state index contributed by atoms with van der Waals surface area (Å²) in [5.74, 6) is 5.69. The summed E-state index contributed by atoms with van der Waals surface area (Å²) < 4.78 is 0. The Morgan fingerprint density at radius 3 is 2.31 bits per heavy atom. The lowest BCUT2D eigenvalue weighted by atomic mass is 9.74. The summed E-state index contributed by atoms with van der Waals surface area (Å²) in [6.07, 6.45) is 3.11. The van der Waals surface area contributed by atoms with Gasteiger partial charge in [0, 0.05) is 26.3 Å². The molecule has 2 heterocycles. The number of carbonyl (C=O) groups excluding carboxylic acids is 2. The van der Waals surface area contributed by atoms with E-state index in [0.29, 0.717) is 6.42 Å². The monoisotopic (exact) mass is 472 g/mol. The Bertz CT molecular complexity index is 1080. The number of amides is 3. The van der Waals surface area contributed by atoms with Gasteiger partial charge in [-0.3, -0.25) is 14.6 Å². The predicted octanol–water partition coefficient (Wildman–Crippen LogP) is 3.91. The fourth-order valence-corrected chi connectivity index (χ4v) is 5.32. The van der Waals surface area contributed by atoms with Crippen molar-refractivity contribution in [1.82, 2.24) is 15.1 Å². The number of nitrogens with one attached hydrogen (secondary N) is 1. The van der Waals surface area contributed by atoms with Crippen LogP contribution < -0.4 is 10.2 Å². The van der Waals surface area contributed by atoms with Gasteiger partial charge in [-0.2, -0.15) is 0 Å². The zero-order chi connectivity index (χ0) is 24.8. The van der Waals surface area contributed by atoms with Gasteiger partial charge in [0.1, 0.15) is 5.54 Å². The van der Waals surface area contributed by atoms with Crippen molar-refractivity contribution in [3.05, 3.63) is 65.7 Å². The van der Waals surface area contributed by atoms with Crippen LogP contribution in [0.2, 0.25) is 0 Å². The topological polar surface area (TPSA) is 55.9 Å². The quantitative estimate of drug-likeness (QED) is 0.468. The Balaban J connectivity index is 1.46. The molecule has 1 unspecified atom stereocenters. The number of carbonyl (C=O) groups is 2. The first-order valence-electron chi connectivity index (χ1n) is 12.5. The molecule has 3 amide bonds. The summed E-state index contributed by atoms with van der Waals surface area (Å²) in [5, 5.41) is 3.14. The molecule has 1 N–H and O–H groups in total. The van der Waals surface area contributed by atoms with Crippen LogP contribution in [0.1, 0.15) is 37.3 Å². The standard InChI is InChI=1S/C29H36N4O2/c1-4-5-19-33-27(34)29(30-28(33)35,18-15-23-9-7-6-8-10-23)25-16-20-32(21-17-25)22-24-11-13-26(14-12-24)31(2)3/h6-14,25H,15-22H2,1-3H3,(H,30,35). The van der Waals surface area contributed by atoms with Crippen LogP contribution in [0.4, 0.5) is 10.5 Å². The van der Waals surface area contributed by atoms with E-state index in [2.05, 4.69) is 63.4 Å². The third-order valence-corrected chi connectivity index (χ3v) is 7.41. The molecule has 0 aliphatic carbocycles. The number of aryl methyl sites for hydroxylation is 1. The maximum atomic E-state index is 13.7. The van der Waals surface area contributed by atoms with Crippen LogP contribution in [0, 0.1) is 17.8 Å². The minimum Gasteiger partial charge on any atom is -0.378 e. The van der Waals surface area contributed by atoms with E-state index in [9.17, 15) is 9.59 Å². The Labute approximate surface area is 209 Å². The molecule has 6 nitrogen and oxygen atoms in total. The van der Waals surface area contributed by atoms with Gasteiger partial charge in [0.05, 0.1) is 6.54 Å². The maximum Gasteiger partial charge on any atom is 0.325 e. The van der Waals surface area contributed by atoms with E-state index in [1.165, 1.54) is 21.7 Å². The Kier molecular flexibility index (Phi) is 7.77. The first-order valence-corrected chi connectivity index (χ1v) is 12.5. The molecule has 2 saturated heterocycles. The Hall–Kier alpha value is -3.30. The molecule has 2 aliphatic rings. The van der Waals surface area contributed by atoms with Crippen LogP contribution in [0.15, 0.2) is 54.6 Å². The molecule has 0 bridgehead atoms. The van der Waals surface area contributed by atoms with Crippen LogP contribution in [0.3, 0.4) is 0 Å². The van der Waals surface area contributed by atoms with Gasteiger partial charge < -0.3 is 10.2 Å². The second kappa shape index (κ2) is 11.0. The fraction of sp³-hybridized carbons (Fsp3) is 0.448. The SMILES string of the molecule is CC#CCN1C(=O)NC(CCc2ccccc2)(C2CCN(Cc3ccc(N(C)C)cc3)CC2)C1=O. The summed E-state index contributed by atoms with van der Waals surface area (Å²) in [6, 6.07) is 18.6. The number of hydrogen-bond donors (Lipinski definition) is 1. The number of urea groups is 1. The molecule has 6 heteroatoms. The zero-order valence-corrected chi connectivity index (χ0v) is 21.1. The van der Waals surface area contributed by atoms with E-state index in [0.717, 1.165) is 38.9 Å². The molecule has 4 rings (SSSR count). The molecule has 0 spiro atoms. The fourth-order valence-electron chi connectivity index (χ4n) is 5.32. The van der Waals surface area contributed by atoms with Gasteiger partial charge in [-0.05, 0) is 74.9 Å². The van der Waals surface area contributed by atoms with Crippen molar-refractivity contribution in [3.8, 4) is 11.8 Å². The van der Waals surface area contributed by atoms with E-state index >= 15 is 0 Å². The van der Waals surface area contributed by atoms with Gasteiger partial charge in [0.15, 0.2) is 0 Å². The highest BCUT2D eigenvalue weighted by molar-refractivity contribution is 6.07. The molecule has 0 aromatic heterocycles. The number of piperidine rings is 1. The third kappa shape index (κ3) is 5.52. The lowest BCUT2D eigenvalue weighted by Crippen LogP contribution is -2.56. The molecule has 2 fully saturated rings. The van der Waals surface area contributed by atoms with Crippen molar-refractivity contribution in [2.75, 3.05) is 38.6 Å². The van der Waals surface area contributed by atoms with Crippen LogP contribution in [-0.2, 0) is 17.8 Å². The smallest absolute Gasteiger partial charge is 0.325 e. The molecule has 184 valence electrons. The molecule has 35 heavy (non-hydrogen) atoms. The largest absolute Gasteiger partial charge is 0.378 e. The summed E-state index contributed by atoms with van der Waals surface area (Å²) in [5.41, 5.74) is 2.81. The van der Waals surface area contributed by atoms with Crippen LogP contribution in [0.25, 0.3) is 0 Å². The van der Waals surface area contributed by atoms with Crippen molar-refractivity contribution in [2.45, 2.75) is 44.7 Å². The number of likely N-dealkylation sites (tertiary alicyclic amines) is 1. The lowest BCUT2D eigenvalue weighted by Gasteiger charge is -2.41. The summed E-state index contributed by atoms with van der Waals surface area (Å²) in [6.45, 7) is 4.59. The van der Waals surface area contributed by atoms with Gasteiger partial charge in [0.25, 0.3) is 5.91 Å². The highest BCUT2D eigenvalue weighted by Crippen LogP contribution is 2.37. The van der Waals surface area contributed by atoms with E-state index in [-0.39, 0.29) is 24.4 Å². The number of hydrogen-bond acceptors (Lipinski definition) is 4. The summed E-state index contributed by atoms with van der Waals surface area (Å²) >= 11 is 0. The second-order valence-corrected chi connectivity index (χ2v) is 9.82. The highest BCUT2D eigenvalue weighted by Gasteiger charge is 2.55. The van der Waals surface area contributed by atoms with Crippen molar-refractivity contribution < 1.29 is 9.59 Å². The molecule has 2 aliphatic heterocycles. The normalized spacial score (nSPS) is 20.9. The van der Waals surface area contributed by atoms with Crippen molar-refractivity contribution in [1.29, 1.82) is 0 Å². The number of rotatable bonds is 8. The van der Waals surface area contributed by atoms with Crippen LogP contribution in [0.5, 0.6) is 0 Å². The number of anilines is 1. The number of benzene rings is 2. The zero-order valence-electron chi connectivity index (χ0n) is 21.1. The maximum absolute atomic E-state index is 13.7. The molecule has 0 saturated carbocycles. The van der Waals surface area contributed by atoms with Gasteiger partial charge in [-0.1, -0.05) is 48.4 Å². The highest BCUT2D eigenvalue weighted by atomic mass is 16.2. The Morgan fingerprint density at radius 1 is 1.00 bits per heavy atom. The first-order chi connectivity index (χ1) is 16.9. The predicted molar refractivity (Wildman–Crippen MR) is 140 cm³/mol. The van der Waals surface area contributed by atoms with Gasteiger partial charge in [-0.15, -0.1) is 5.92 Å². The third-order valence-electron chi connectivity index (χ3n) is 7.41. The molecule has 2 aromatic carbocycles. The van der Waals surface area contributed by atoms with Crippen LogP contribution >= 0.6 is 0 Å². The average molecular weight is 473 g/mol. The van der Waals surface area contributed by atoms with Crippen molar-refractivity contribution in [3.63, 3.8) is 0 Å².